The summed E-state index contributed by atoms with van der Waals surface area (Å²) >= 11 is 0. The van der Waals surface area contributed by atoms with Crippen LogP contribution in [0, 0.1) is 0 Å². The molecule has 0 radical (unpaired) electrons. The summed E-state index contributed by atoms with van der Waals surface area (Å²) < 4.78 is 7.58. The first-order chi connectivity index (χ1) is 11.3. The molecule has 23 heavy (non-hydrogen) atoms. The van der Waals surface area contributed by atoms with E-state index in [1.807, 2.05) is 22.9 Å². The van der Waals surface area contributed by atoms with Gasteiger partial charge in [0.05, 0.1) is 19.0 Å². The Morgan fingerprint density at radius 1 is 1.39 bits per heavy atom. The van der Waals surface area contributed by atoms with Crippen molar-refractivity contribution in [2.45, 2.75) is 32.7 Å². The van der Waals surface area contributed by atoms with Crippen LogP contribution in [0.4, 0.5) is 0 Å². The van der Waals surface area contributed by atoms with E-state index >= 15 is 0 Å². The second kappa shape index (κ2) is 7.13. The molecule has 1 aromatic carbocycles. The van der Waals surface area contributed by atoms with Gasteiger partial charge in [0.15, 0.2) is 0 Å². The van der Waals surface area contributed by atoms with Gasteiger partial charge in [0.25, 0.3) is 0 Å². The van der Waals surface area contributed by atoms with Crippen LogP contribution in [-0.2, 0) is 24.2 Å². The molecule has 0 fully saturated rings. The maximum atomic E-state index is 12.1. The third-order valence-electron chi connectivity index (χ3n) is 3.95. The second-order valence-corrected chi connectivity index (χ2v) is 5.63. The molecule has 5 heteroatoms. The average Bonchev–Trinajstić information content (AvgIpc) is 3.21. The molecule has 120 valence electrons. The number of nitrogens with zero attached hydrogens (tertiary/aromatic N) is 2. The van der Waals surface area contributed by atoms with Crippen LogP contribution in [0.5, 0.6) is 0 Å². The van der Waals surface area contributed by atoms with Crippen molar-refractivity contribution in [3.8, 4) is 0 Å². The lowest BCUT2D eigenvalue weighted by Crippen LogP contribution is -2.26. The molecule has 0 aliphatic heterocycles. The third-order valence-corrected chi connectivity index (χ3v) is 3.95. The molecule has 0 aliphatic rings. The van der Waals surface area contributed by atoms with Gasteiger partial charge in [-0.2, -0.15) is 0 Å². The lowest BCUT2D eigenvalue weighted by Gasteiger charge is -2.05. The normalized spacial score (nSPS) is 11.0. The van der Waals surface area contributed by atoms with Gasteiger partial charge in [-0.1, -0.05) is 19.1 Å². The number of imidazole rings is 1. The zero-order valence-electron chi connectivity index (χ0n) is 13.3. The van der Waals surface area contributed by atoms with Crippen LogP contribution in [0.25, 0.3) is 11.0 Å². The monoisotopic (exact) mass is 311 g/mol. The van der Waals surface area contributed by atoms with Gasteiger partial charge in [-0.3, -0.25) is 4.79 Å². The number of fused-ring (bicyclic) bond motifs is 1. The van der Waals surface area contributed by atoms with E-state index in [1.165, 1.54) is 5.56 Å². The number of carbonyl (C=O) groups is 1. The molecule has 1 amide bonds. The van der Waals surface area contributed by atoms with Crippen molar-refractivity contribution >= 4 is 16.9 Å². The Morgan fingerprint density at radius 3 is 3.09 bits per heavy atom. The minimum atomic E-state index is 0.0258. The first-order valence-corrected chi connectivity index (χ1v) is 7.97. The molecular formula is C18H21N3O2. The lowest BCUT2D eigenvalue weighted by molar-refractivity contribution is -0.120. The van der Waals surface area contributed by atoms with E-state index in [0.29, 0.717) is 13.0 Å². The van der Waals surface area contributed by atoms with Crippen molar-refractivity contribution in [1.29, 1.82) is 0 Å². The number of carbonyl (C=O) groups excluding carboxylic acids is 1. The molecule has 3 aromatic rings. The first-order valence-electron chi connectivity index (χ1n) is 7.97. The largest absolute Gasteiger partial charge is 0.464 e. The van der Waals surface area contributed by atoms with Gasteiger partial charge in [0.2, 0.25) is 5.91 Å². The van der Waals surface area contributed by atoms with Gasteiger partial charge in [-0.15, -0.1) is 0 Å². The van der Waals surface area contributed by atoms with Crippen LogP contribution in [0.2, 0.25) is 0 Å². The zero-order chi connectivity index (χ0) is 16.1. The fourth-order valence-corrected chi connectivity index (χ4v) is 2.63. The van der Waals surface area contributed by atoms with Crippen molar-refractivity contribution in [2.75, 3.05) is 6.54 Å². The highest BCUT2D eigenvalue weighted by atomic mass is 16.3. The number of benzene rings is 1. The maximum Gasteiger partial charge on any atom is 0.224 e. The number of aryl methyl sites for hydroxylation is 2. The summed E-state index contributed by atoms with van der Waals surface area (Å²) in [6, 6.07) is 6.17. The Bertz CT molecular complexity index is 775. The van der Waals surface area contributed by atoms with Gasteiger partial charge >= 0.3 is 0 Å². The van der Waals surface area contributed by atoms with Crippen molar-refractivity contribution in [3.05, 3.63) is 54.3 Å². The topological polar surface area (TPSA) is 60.1 Å². The van der Waals surface area contributed by atoms with Gasteiger partial charge in [0.1, 0.15) is 5.58 Å². The Balaban J connectivity index is 1.51. The summed E-state index contributed by atoms with van der Waals surface area (Å²) in [4.78, 5) is 16.1. The molecule has 0 bridgehead atoms. The van der Waals surface area contributed by atoms with E-state index in [2.05, 4.69) is 23.3 Å². The molecule has 1 N–H and O–H groups in total. The number of hydrogen-bond donors (Lipinski definition) is 1. The predicted octanol–water partition coefficient (Wildman–Crippen LogP) is 2.94. The molecule has 0 atom stereocenters. The van der Waals surface area contributed by atoms with E-state index in [9.17, 15) is 4.79 Å². The van der Waals surface area contributed by atoms with E-state index in [1.54, 1.807) is 18.8 Å². The van der Waals surface area contributed by atoms with Crippen LogP contribution in [0.1, 0.15) is 24.5 Å². The Hall–Kier alpha value is -2.56. The molecule has 0 aliphatic carbocycles. The minimum absolute atomic E-state index is 0.0258. The van der Waals surface area contributed by atoms with Crippen molar-refractivity contribution in [2.24, 2.45) is 0 Å². The van der Waals surface area contributed by atoms with Crippen LogP contribution >= 0.6 is 0 Å². The highest BCUT2D eigenvalue weighted by Crippen LogP contribution is 2.23. The quantitative estimate of drug-likeness (QED) is 0.682. The minimum Gasteiger partial charge on any atom is -0.464 e. The van der Waals surface area contributed by atoms with Gasteiger partial charge < -0.3 is 14.3 Å². The lowest BCUT2D eigenvalue weighted by atomic mass is 10.1. The highest BCUT2D eigenvalue weighted by Gasteiger charge is 2.10. The van der Waals surface area contributed by atoms with Crippen LogP contribution in [0.3, 0.4) is 0 Å². The summed E-state index contributed by atoms with van der Waals surface area (Å²) in [7, 11) is 0. The first kappa shape index (κ1) is 15.3. The SMILES string of the molecule is CCc1ccc2c(CC(=O)NCCCn3ccnc3)coc2c1. The number of nitrogens with one attached hydrogen (secondary N) is 1. The molecule has 2 heterocycles. The fourth-order valence-electron chi connectivity index (χ4n) is 2.63. The van der Waals surface area contributed by atoms with Crippen molar-refractivity contribution in [1.82, 2.24) is 14.9 Å². The predicted molar refractivity (Wildman–Crippen MR) is 89.1 cm³/mol. The van der Waals surface area contributed by atoms with Crippen molar-refractivity contribution < 1.29 is 9.21 Å². The number of furan rings is 1. The third kappa shape index (κ3) is 3.80. The van der Waals surface area contributed by atoms with E-state index in [4.69, 9.17) is 4.42 Å². The van der Waals surface area contributed by atoms with Crippen LogP contribution < -0.4 is 5.32 Å². The number of rotatable bonds is 7. The number of amides is 1. The molecule has 0 spiro atoms. The highest BCUT2D eigenvalue weighted by molar-refractivity contribution is 5.87. The summed E-state index contributed by atoms with van der Waals surface area (Å²) in [5.41, 5.74) is 3.03. The Kier molecular flexibility index (Phi) is 4.76. The maximum absolute atomic E-state index is 12.1. The molecule has 0 saturated carbocycles. The Labute approximate surface area is 135 Å². The van der Waals surface area contributed by atoms with Gasteiger partial charge in [-0.25, -0.2) is 4.98 Å². The molecule has 3 rings (SSSR count). The molecule has 2 aromatic heterocycles. The summed E-state index contributed by atoms with van der Waals surface area (Å²) in [5.74, 6) is 0.0258. The molecular weight excluding hydrogens is 290 g/mol. The summed E-state index contributed by atoms with van der Waals surface area (Å²) in [6.07, 6.45) is 9.36. The zero-order valence-corrected chi connectivity index (χ0v) is 13.3. The van der Waals surface area contributed by atoms with Gasteiger partial charge in [0, 0.05) is 36.4 Å². The molecule has 0 saturated heterocycles. The second-order valence-electron chi connectivity index (χ2n) is 5.63. The Morgan fingerprint density at radius 2 is 2.30 bits per heavy atom. The number of aromatic nitrogens is 2. The van der Waals surface area contributed by atoms with E-state index in [0.717, 1.165) is 35.9 Å². The average molecular weight is 311 g/mol. The van der Waals surface area contributed by atoms with E-state index < -0.39 is 0 Å². The summed E-state index contributed by atoms with van der Waals surface area (Å²) in [5, 5.41) is 3.98. The van der Waals surface area contributed by atoms with E-state index in [-0.39, 0.29) is 5.91 Å². The fraction of sp³-hybridized carbons (Fsp3) is 0.333. The summed E-state index contributed by atoms with van der Waals surface area (Å²) in [6.45, 7) is 3.63. The van der Waals surface area contributed by atoms with Crippen LogP contribution in [-0.4, -0.2) is 22.0 Å². The smallest absolute Gasteiger partial charge is 0.224 e. The number of hydrogen-bond acceptors (Lipinski definition) is 3. The van der Waals surface area contributed by atoms with Crippen molar-refractivity contribution in [3.63, 3.8) is 0 Å². The van der Waals surface area contributed by atoms with Crippen LogP contribution in [0.15, 0.2) is 47.6 Å². The molecule has 0 unspecified atom stereocenters. The van der Waals surface area contributed by atoms with Gasteiger partial charge in [-0.05, 0) is 24.5 Å². The standard InChI is InChI=1S/C18H21N3O2/c1-2-14-4-5-16-15(12-23-17(16)10-14)11-18(22)20-6-3-8-21-9-7-19-13-21/h4-5,7,9-10,12-13H,2-3,6,8,11H2,1H3,(H,20,22). The molecule has 5 nitrogen and oxygen atoms in total.